The third-order valence-corrected chi connectivity index (χ3v) is 3.70. The Morgan fingerprint density at radius 1 is 0.769 bits per heavy atom. The summed E-state index contributed by atoms with van der Waals surface area (Å²) >= 11 is 0. The first kappa shape index (κ1) is 21.0. The topological polar surface area (TPSA) is 98.7 Å². The average Bonchev–Trinajstić information content (AvgIpc) is 2.63. The second-order valence-electron chi connectivity index (χ2n) is 5.71. The molecule has 0 aliphatic rings. The van der Waals surface area contributed by atoms with Crippen LogP contribution in [0.15, 0.2) is 48.5 Å². The van der Waals surface area contributed by atoms with Crippen LogP contribution in [0, 0.1) is 0 Å². The lowest BCUT2D eigenvalue weighted by atomic mass is 10.1. The molecule has 0 atom stereocenters. The second kappa shape index (κ2) is 11.5. The zero-order valence-corrected chi connectivity index (χ0v) is 15.2. The molecule has 0 radical (unpaired) electrons. The molecule has 0 unspecified atom stereocenters. The van der Waals surface area contributed by atoms with Gasteiger partial charge in [0.1, 0.15) is 0 Å². The first-order chi connectivity index (χ1) is 12.4. The molecule has 6 nitrogen and oxygen atoms in total. The van der Waals surface area contributed by atoms with Crippen molar-refractivity contribution >= 4 is 23.3 Å². The molecule has 2 aromatic rings. The zero-order valence-electron chi connectivity index (χ0n) is 15.2. The lowest BCUT2D eigenvalue weighted by Gasteiger charge is -2.02. The van der Waals surface area contributed by atoms with Gasteiger partial charge in [0.05, 0.1) is 6.42 Å². The van der Waals surface area contributed by atoms with Gasteiger partial charge in [0.25, 0.3) is 0 Å². The molecule has 0 bridgehead atoms. The molecule has 2 aromatic carbocycles. The van der Waals surface area contributed by atoms with Crippen LogP contribution in [-0.2, 0) is 22.4 Å². The molecule has 0 heterocycles. The first-order valence-electron chi connectivity index (χ1n) is 8.41. The molecule has 4 N–H and O–H groups in total. The number of carboxylic acid groups (broad SMARTS) is 2. The van der Waals surface area contributed by atoms with E-state index in [1.165, 1.54) is 5.56 Å². The minimum Gasteiger partial charge on any atom is -0.481 e. The molecule has 0 fully saturated rings. The van der Waals surface area contributed by atoms with Gasteiger partial charge < -0.3 is 20.8 Å². The van der Waals surface area contributed by atoms with Crippen LogP contribution in [0.3, 0.4) is 0 Å². The fourth-order valence-electron chi connectivity index (χ4n) is 2.25. The minimum atomic E-state index is -0.799. The second-order valence-corrected chi connectivity index (χ2v) is 5.71. The van der Waals surface area contributed by atoms with Crippen LogP contribution in [0.25, 0.3) is 0 Å². The van der Waals surface area contributed by atoms with Gasteiger partial charge in [0.2, 0.25) is 0 Å². The Morgan fingerprint density at radius 2 is 1.23 bits per heavy atom. The van der Waals surface area contributed by atoms with Crippen LogP contribution in [0.1, 0.15) is 24.0 Å². The van der Waals surface area contributed by atoms with E-state index in [-0.39, 0.29) is 12.8 Å². The van der Waals surface area contributed by atoms with E-state index in [1.54, 1.807) is 12.1 Å². The standard InChI is InChI=1S/C11H15NO2.C9H11NO2/c1-12-10-7-5-9(6-8-10)3-2-4-11(13)14;1-10-8-4-2-7(3-5-8)6-9(11)12/h5-8,12H,2-4H2,1H3,(H,13,14);2-5,10H,6H2,1H3,(H,11,12). The van der Waals surface area contributed by atoms with E-state index in [9.17, 15) is 9.59 Å². The van der Waals surface area contributed by atoms with Gasteiger partial charge in [-0.05, 0) is 48.2 Å². The monoisotopic (exact) mass is 358 g/mol. The number of carboxylic acids is 2. The Bertz CT molecular complexity index is 682. The molecule has 0 spiro atoms. The Hall–Kier alpha value is -3.02. The predicted molar refractivity (Wildman–Crippen MR) is 104 cm³/mol. The van der Waals surface area contributed by atoms with Gasteiger partial charge in [0, 0.05) is 31.9 Å². The average molecular weight is 358 g/mol. The summed E-state index contributed by atoms with van der Waals surface area (Å²) in [6.07, 6.45) is 1.86. The van der Waals surface area contributed by atoms with Crippen molar-refractivity contribution in [3.8, 4) is 0 Å². The zero-order chi connectivity index (χ0) is 19.4. The summed E-state index contributed by atoms with van der Waals surface area (Å²) in [6, 6.07) is 15.4. The van der Waals surface area contributed by atoms with Gasteiger partial charge in [-0.15, -0.1) is 0 Å². The van der Waals surface area contributed by atoms with Gasteiger partial charge in [-0.2, -0.15) is 0 Å². The molecule has 0 amide bonds. The molecule has 140 valence electrons. The molecule has 0 aliphatic heterocycles. The van der Waals surface area contributed by atoms with E-state index in [0.717, 1.165) is 23.4 Å². The van der Waals surface area contributed by atoms with Crippen molar-refractivity contribution in [1.82, 2.24) is 0 Å². The van der Waals surface area contributed by atoms with Crippen molar-refractivity contribution in [3.05, 3.63) is 59.7 Å². The summed E-state index contributed by atoms with van der Waals surface area (Å²) in [6.45, 7) is 0. The maximum absolute atomic E-state index is 10.3. The Kier molecular flexibility index (Phi) is 9.31. The predicted octanol–water partition coefficient (Wildman–Crippen LogP) is 3.49. The van der Waals surface area contributed by atoms with Gasteiger partial charge in [-0.3, -0.25) is 9.59 Å². The molecule has 0 saturated carbocycles. The number of aliphatic carboxylic acids is 2. The van der Waals surface area contributed by atoms with Gasteiger partial charge in [-0.1, -0.05) is 24.3 Å². The van der Waals surface area contributed by atoms with Crippen LogP contribution in [-0.4, -0.2) is 36.2 Å². The van der Waals surface area contributed by atoms with Crippen molar-refractivity contribution in [2.45, 2.75) is 25.7 Å². The Labute approximate surface area is 153 Å². The highest BCUT2D eigenvalue weighted by Crippen LogP contribution is 2.11. The first-order valence-corrected chi connectivity index (χ1v) is 8.41. The quantitative estimate of drug-likeness (QED) is 0.576. The Balaban J connectivity index is 0.000000263. The lowest BCUT2D eigenvalue weighted by molar-refractivity contribution is -0.137. The molecule has 2 rings (SSSR count). The van der Waals surface area contributed by atoms with E-state index in [2.05, 4.69) is 10.6 Å². The van der Waals surface area contributed by atoms with Gasteiger partial charge >= 0.3 is 11.9 Å². The maximum Gasteiger partial charge on any atom is 0.307 e. The van der Waals surface area contributed by atoms with Crippen molar-refractivity contribution in [2.24, 2.45) is 0 Å². The van der Waals surface area contributed by atoms with Crippen molar-refractivity contribution in [1.29, 1.82) is 0 Å². The summed E-state index contributed by atoms with van der Waals surface area (Å²) in [5.41, 5.74) is 4.07. The number of rotatable bonds is 8. The van der Waals surface area contributed by atoms with E-state index in [0.29, 0.717) is 6.42 Å². The third kappa shape index (κ3) is 8.73. The maximum atomic E-state index is 10.3. The van der Waals surface area contributed by atoms with Crippen LogP contribution in [0.2, 0.25) is 0 Å². The normalized spacial score (nSPS) is 9.62. The summed E-state index contributed by atoms with van der Waals surface area (Å²) in [4.78, 5) is 20.6. The number of anilines is 2. The van der Waals surface area contributed by atoms with Crippen LogP contribution < -0.4 is 10.6 Å². The molecular weight excluding hydrogens is 332 g/mol. The summed E-state index contributed by atoms with van der Waals surface area (Å²) in [5.74, 6) is -1.52. The summed E-state index contributed by atoms with van der Waals surface area (Å²) in [5, 5.41) is 22.9. The number of hydrogen-bond acceptors (Lipinski definition) is 4. The molecule has 0 aromatic heterocycles. The molecule has 6 heteroatoms. The van der Waals surface area contributed by atoms with Gasteiger partial charge in [0.15, 0.2) is 0 Å². The number of nitrogens with one attached hydrogen (secondary N) is 2. The SMILES string of the molecule is CNc1ccc(CC(=O)O)cc1.CNc1ccc(CCCC(=O)O)cc1. The molecule has 26 heavy (non-hydrogen) atoms. The number of aryl methyl sites for hydroxylation is 1. The van der Waals surface area contributed by atoms with E-state index < -0.39 is 11.9 Å². The van der Waals surface area contributed by atoms with Crippen LogP contribution in [0.4, 0.5) is 11.4 Å². The largest absolute Gasteiger partial charge is 0.481 e. The van der Waals surface area contributed by atoms with Crippen LogP contribution in [0.5, 0.6) is 0 Å². The molecule has 0 saturated heterocycles. The van der Waals surface area contributed by atoms with Crippen molar-refractivity contribution in [2.75, 3.05) is 24.7 Å². The van der Waals surface area contributed by atoms with E-state index >= 15 is 0 Å². The lowest BCUT2D eigenvalue weighted by Crippen LogP contribution is -1.99. The highest BCUT2D eigenvalue weighted by Gasteiger charge is 1.99. The molecular formula is C20H26N2O4. The highest BCUT2D eigenvalue weighted by molar-refractivity contribution is 5.70. The van der Waals surface area contributed by atoms with E-state index in [1.807, 2.05) is 50.5 Å². The summed E-state index contributed by atoms with van der Waals surface area (Å²) in [7, 11) is 3.70. The fraction of sp³-hybridized carbons (Fsp3) is 0.300. The smallest absolute Gasteiger partial charge is 0.307 e. The third-order valence-electron chi connectivity index (χ3n) is 3.70. The Morgan fingerprint density at radius 3 is 1.62 bits per heavy atom. The van der Waals surface area contributed by atoms with Gasteiger partial charge in [-0.25, -0.2) is 0 Å². The number of benzene rings is 2. The molecule has 0 aliphatic carbocycles. The van der Waals surface area contributed by atoms with Crippen LogP contribution >= 0.6 is 0 Å². The summed E-state index contributed by atoms with van der Waals surface area (Å²) < 4.78 is 0. The van der Waals surface area contributed by atoms with E-state index in [4.69, 9.17) is 10.2 Å². The minimum absolute atomic E-state index is 0.0873. The highest BCUT2D eigenvalue weighted by atomic mass is 16.4. The fourth-order valence-corrected chi connectivity index (χ4v) is 2.25. The van der Waals surface area contributed by atoms with Crippen molar-refractivity contribution in [3.63, 3.8) is 0 Å². The number of hydrogen-bond donors (Lipinski definition) is 4. The van der Waals surface area contributed by atoms with Crippen molar-refractivity contribution < 1.29 is 19.8 Å². The number of carbonyl (C=O) groups is 2.